The minimum absolute atomic E-state index is 0.0401. The van der Waals surface area contributed by atoms with Crippen molar-refractivity contribution in [2.45, 2.75) is 0 Å². The van der Waals surface area contributed by atoms with Crippen LogP contribution in [0, 0.1) is 0 Å². The van der Waals surface area contributed by atoms with Gasteiger partial charge in [-0.25, -0.2) is 0 Å². The topological polar surface area (TPSA) is 49.8 Å². The first kappa shape index (κ1) is 16.8. The van der Waals surface area contributed by atoms with Crippen molar-refractivity contribution in [3.05, 3.63) is 58.0 Å². The van der Waals surface area contributed by atoms with E-state index in [-0.39, 0.29) is 11.7 Å². The van der Waals surface area contributed by atoms with E-state index in [1.807, 2.05) is 0 Å². The number of aromatic hydroxyl groups is 1. The Morgan fingerprint density at radius 3 is 2.75 bits per heavy atom. The number of carbonyl (C=O) groups is 1. The number of amides is 1. The molecule has 1 aliphatic heterocycles. The van der Waals surface area contributed by atoms with Crippen LogP contribution < -0.4 is 9.64 Å². The standard InChI is InChI=1S/C17H12ClNO3S2/c1-22-14-8-10(6-7-13(14)20)9-15-16(21)19(17(23)24-15)12-5-3-2-4-11(12)18/h2-9,20H,1H3. The van der Waals surface area contributed by atoms with Crippen molar-refractivity contribution in [2.24, 2.45) is 0 Å². The summed E-state index contributed by atoms with van der Waals surface area (Å²) in [6.45, 7) is 0. The van der Waals surface area contributed by atoms with Crippen molar-refractivity contribution in [1.29, 1.82) is 0 Å². The number of thioether (sulfide) groups is 1. The van der Waals surface area contributed by atoms with Gasteiger partial charge in [0.05, 0.1) is 22.7 Å². The van der Waals surface area contributed by atoms with Crippen molar-refractivity contribution >= 4 is 57.6 Å². The molecule has 24 heavy (non-hydrogen) atoms. The van der Waals surface area contributed by atoms with Crippen LogP contribution in [-0.4, -0.2) is 22.4 Å². The molecular formula is C17H12ClNO3S2. The van der Waals surface area contributed by atoms with E-state index in [0.29, 0.717) is 25.7 Å². The molecule has 1 aliphatic rings. The zero-order valence-electron chi connectivity index (χ0n) is 12.5. The van der Waals surface area contributed by atoms with Crippen molar-refractivity contribution in [3.8, 4) is 11.5 Å². The Morgan fingerprint density at radius 1 is 1.29 bits per heavy atom. The molecule has 0 bridgehead atoms. The largest absolute Gasteiger partial charge is 0.504 e. The molecule has 0 saturated carbocycles. The van der Waals surface area contributed by atoms with Crippen molar-refractivity contribution in [3.63, 3.8) is 0 Å². The van der Waals surface area contributed by atoms with Gasteiger partial charge in [0.15, 0.2) is 15.8 Å². The van der Waals surface area contributed by atoms with Crippen LogP contribution >= 0.6 is 35.6 Å². The molecule has 0 unspecified atom stereocenters. The van der Waals surface area contributed by atoms with Gasteiger partial charge < -0.3 is 9.84 Å². The number of benzene rings is 2. The molecule has 3 rings (SSSR count). The number of phenolic OH excluding ortho intramolecular Hbond substituents is 1. The van der Waals surface area contributed by atoms with Crippen LogP contribution in [0.5, 0.6) is 11.5 Å². The molecule has 4 nitrogen and oxygen atoms in total. The van der Waals surface area contributed by atoms with Crippen LogP contribution in [0.4, 0.5) is 5.69 Å². The van der Waals surface area contributed by atoms with Gasteiger partial charge in [-0.05, 0) is 35.9 Å². The summed E-state index contributed by atoms with van der Waals surface area (Å²) in [5.74, 6) is 0.147. The van der Waals surface area contributed by atoms with Gasteiger partial charge in [-0.1, -0.05) is 53.8 Å². The normalized spacial score (nSPS) is 16.1. The number of ether oxygens (including phenoxy) is 1. The van der Waals surface area contributed by atoms with Gasteiger partial charge in [-0.3, -0.25) is 9.69 Å². The highest BCUT2D eigenvalue weighted by atomic mass is 35.5. The number of methoxy groups -OCH3 is 1. The highest BCUT2D eigenvalue weighted by Gasteiger charge is 2.34. The highest BCUT2D eigenvalue weighted by molar-refractivity contribution is 8.27. The molecule has 2 aromatic rings. The number of hydrogen-bond donors (Lipinski definition) is 1. The lowest BCUT2D eigenvalue weighted by Gasteiger charge is -2.15. The molecule has 0 aliphatic carbocycles. The molecule has 2 aromatic carbocycles. The summed E-state index contributed by atoms with van der Waals surface area (Å²) in [7, 11) is 1.47. The Labute approximate surface area is 153 Å². The predicted octanol–water partition coefficient (Wildman–Crippen LogP) is 4.46. The Bertz CT molecular complexity index is 867. The summed E-state index contributed by atoms with van der Waals surface area (Å²) in [5, 5.41) is 10.1. The quantitative estimate of drug-likeness (QED) is 0.632. The van der Waals surface area contributed by atoms with E-state index in [4.69, 9.17) is 28.6 Å². The van der Waals surface area contributed by atoms with E-state index in [2.05, 4.69) is 0 Å². The summed E-state index contributed by atoms with van der Waals surface area (Å²) in [6.07, 6.45) is 1.71. The fraction of sp³-hybridized carbons (Fsp3) is 0.0588. The Hall–Kier alpha value is -2.02. The fourth-order valence-corrected chi connectivity index (χ4v) is 3.75. The smallest absolute Gasteiger partial charge is 0.270 e. The number of rotatable bonds is 3. The molecular weight excluding hydrogens is 366 g/mol. The first-order chi connectivity index (χ1) is 11.5. The summed E-state index contributed by atoms with van der Waals surface area (Å²) >= 11 is 12.7. The Kier molecular flexibility index (Phi) is 4.80. The number of phenols is 1. The Morgan fingerprint density at radius 2 is 2.04 bits per heavy atom. The molecule has 1 saturated heterocycles. The molecule has 0 atom stereocenters. The third kappa shape index (κ3) is 3.13. The lowest BCUT2D eigenvalue weighted by Crippen LogP contribution is -2.27. The van der Waals surface area contributed by atoms with E-state index in [9.17, 15) is 9.90 Å². The highest BCUT2D eigenvalue weighted by Crippen LogP contribution is 2.39. The zero-order chi connectivity index (χ0) is 17.3. The van der Waals surface area contributed by atoms with E-state index in [0.717, 1.165) is 5.56 Å². The van der Waals surface area contributed by atoms with Gasteiger partial charge in [0, 0.05) is 0 Å². The number of nitrogens with zero attached hydrogens (tertiary/aromatic N) is 1. The molecule has 1 N–H and O–H groups in total. The van der Waals surface area contributed by atoms with Crippen LogP contribution in [0.3, 0.4) is 0 Å². The summed E-state index contributed by atoms with van der Waals surface area (Å²) < 4.78 is 5.50. The van der Waals surface area contributed by atoms with Crippen molar-refractivity contribution in [2.75, 3.05) is 12.0 Å². The molecule has 7 heteroatoms. The maximum Gasteiger partial charge on any atom is 0.270 e. The number of hydrogen-bond acceptors (Lipinski definition) is 5. The minimum atomic E-state index is -0.231. The molecule has 0 radical (unpaired) electrons. The summed E-state index contributed by atoms with van der Waals surface area (Å²) in [5.41, 5.74) is 1.29. The van der Waals surface area contributed by atoms with Crippen LogP contribution in [0.15, 0.2) is 47.4 Å². The molecule has 0 spiro atoms. The van der Waals surface area contributed by atoms with E-state index in [1.165, 1.54) is 29.8 Å². The van der Waals surface area contributed by atoms with E-state index < -0.39 is 0 Å². The maximum absolute atomic E-state index is 12.7. The number of halogens is 1. The van der Waals surface area contributed by atoms with Gasteiger partial charge >= 0.3 is 0 Å². The van der Waals surface area contributed by atoms with Crippen LogP contribution in [0.25, 0.3) is 6.08 Å². The first-order valence-electron chi connectivity index (χ1n) is 6.91. The molecule has 122 valence electrons. The monoisotopic (exact) mass is 377 g/mol. The van der Waals surface area contributed by atoms with Gasteiger partial charge in [-0.2, -0.15) is 0 Å². The minimum Gasteiger partial charge on any atom is -0.504 e. The van der Waals surface area contributed by atoms with Gasteiger partial charge in [0.1, 0.15) is 0 Å². The van der Waals surface area contributed by atoms with Gasteiger partial charge in [0.25, 0.3) is 5.91 Å². The second-order valence-electron chi connectivity index (χ2n) is 4.90. The van der Waals surface area contributed by atoms with Gasteiger partial charge in [0.2, 0.25) is 0 Å². The summed E-state index contributed by atoms with van der Waals surface area (Å²) in [4.78, 5) is 14.6. The Balaban J connectivity index is 1.96. The van der Waals surface area contributed by atoms with Gasteiger partial charge in [-0.15, -0.1) is 0 Å². The number of thiocarbonyl (C=S) groups is 1. The molecule has 1 heterocycles. The predicted molar refractivity (Wildman–Crippen MR) is 102 cm³/mol. The zero-order valence-corrected chi connectivity index (χ0v) is 14.9. The molecule has 1 fully saturated rings. The third-order valence-electron chi connectivity index (χ3n) is 3.39. The number of carbonyl (C=O) groups excluding carboxylic acids is 1. The average Bonchev–Trinajstić information content (AvgIpc) is 2.84. The maximum atomic E-state index is 12.7. The number of anilines is 1. The lowest BCUT2D eigenvalue weighted by atomic mass is 10.2. The van der Waals surface area contributed by atoms with Crippen molar-refractivity contribution < 1.29 is 14.6 Å². The van der Waals surface area contributed by atoms with Crippen LogP contribution in [0.1, 0.15) is 5.56 Å². The van der Waals surface area contributed by atoms with E-state index in [1.54, 1.807) is 42.5 Å². The first-order valence-corrected chi connectivity index (χ1v) is 8.51. The fourth-order valence-electron chi connectivity index (χ4n) is 2.24. The SMILES string of the molecule is COc1cc(C=C2SC(=S)N(c3ccccc3Cl)C2=O)ccc1O. The number of para-hydroxylation sites is 1. The second kappa shape index (κ2) is 6.84. The summed E-state index contributed by atoms with van der Waals surface area (Å²) in [6, 6.07) is 11.9. The molecule has 1 amide bonds. The third-order valence-corrected chi connectivity index (χ3v) is 5.01. The lowest BCUT2D eigenvalue weighted by molar-refractivity contribution is -0.113. The van der Waals surface area contributed by atoms with Crippen molar-refractivity contribution in [1.82, 2.24) is 0 Å². The van der Waals surface area contributed by atoms with Crippen LogP contribution in [0.2, 0.25) is 5.02 Å². The second-order valence-corrected chi connectivity index (χ2v) is 6.98. The average molecular weight is 378 g/mol. The van der Waals surface area contributed by atoms with Crippen LogP contribution in [-0.2, 0) is 4.79 Å². The molecule has 0 aromatic heterocycles. The van der Waals surface area contributed by atoms with E-state index >= 15 is 0 Å².